The molecular weight excluding hydrogens is 244 g/mol. The number of hydrogen-bond donors (Lipinski definition) is 0. The largest absolute Gasteiger partial charge is 0.485 e. The smallest absolute Gasteiger partial charge is 0.173 e. The lowest BCUT2D eigenvalue weighted by molar-refractivity contribution is -0.122. The molecule has 0 amide bonds. The normalized spacial score (nSPS) is 15.2. The average Bonchev–Trinajstić information content (AvgIpc) is 2.99. The van der Waals surface area contributed by atoms with Gasteiger partial charge in [0.25, 0.3) is 0 Å². The van der Waals surface area contributed by atoms with Crippen LogP contribution < -0.4 is 4.74 Å². The van der Waals surface area contributed by atoms with E-state index in [0.717, 1.165) is 23.1 Å². The minimum atomic E-state index is 0.202. The van der Waals surface area contributed by atoms with E-state index >= 15 is 0 Å². The maximum atomic E-state index is 11.3. The second-order valence-electron chi connectivity index (χ2n) is 3.46. The van der Waals surface area contributed by atoms with E-state index in [2.05, 4.69) is 15.9 Å². The summed E-state index contributed by atoms with van der Waals surface area (Å²) in [5, 5.41) is 0. The monoisotopic (exact) mass is 254 g/mol. The third kappa shape index (κ3) is 2.35. The van der Waals surface area contributed by atoms with Gasteiger partial charge in [0.2, 0.25) is 0 Å². The molecule has 0 aliphatic heterocycles. The van der Waals surface area contributed by atoms with E-state index in [9.17, 15) is 4.79 Å². The predicted octanol–water partition coefficient (Wildman–Crippen LogP) is 2.81. The van der Waals surface area contributed by atoms with Crippen LogP contribution in [0.5, 0.6) is 5.75 Å². The maximum Gasteiger partial charge on any atom is 0.173 e. The fourth-order valence-corrected chi connectivity index (χ4v) is 1.63. The molecule has 0 bridgehead atoms. The van der Waals surface area contributed by atoms with E-state index < -0.39 is 0 Å². The van der Waals surface area contributed by atoms with Crippen LogP contribution >= 0.6 is 15.9 Å². The molecule has 1 aromatic rings. The van der Waals surface area contributed by atoms with Crippen LogP contribution in [0.15, 0.2) is 28.7 Å². The Morgan fingerprint density at radius 2 is 2.14 bits per heavy atom. The number of benzene rings is 1. The van der Waals surface area contributed by atoms with E-state index in [4.69, 9.17) is 4.74 Å². The molecule has 0 spiro atoms. The van der Waals surface area contributed by atoms with Crippen LogP contribution in [0.25, 0.3) is 0 Å². The van der Waals surface area contributed by atoms with Crippen molar-refractivity contribution in [3.05, 3.63) is 28.7 Å². The molecule has 1 fully saturated rings. The summed E-state index contributed by atoms with van der Waals surface area (Å²) in [4.78, 5) is 11.3. The van der Waals surface area contributed by atoms with Crippen LogP contribution in [0, 0.1) is 5.92 Å². The molecular formula is C11H11BrO2. The Hall–Kier alpha value is -0.830. The van der Waals surface area contributed by atoms with Crippen molar-refractivity contribution in [3.8, 4) is 5.75 Å². The maximum absolute atomic E-state index is 11.3. The topological polar surface area (TPSA) is 26.3 Å². The fourth-order valence-electron chi connectivity index (χ4n) is 1.23. The Morgan fingerprint density at radius 3 is 2.79 bits per heavy atom. The van der Waals surface area contributed by atoms with Gasteiger partial charge in [0.1, 0.15) is 12.4 Å². The van der Waals surface area contributed by atoms with Crippen LogP contribution in [0.4, 0.5) is 0 Å². The van der Waals surface area contributed by atoms with Crippen LogP contribution in [0.1, 0.15) is 12.8 Å². The van der Waals surface area contributed by atoms with E-state index in [1.54, 1.807) is 0 Å². The highest BCUT2D eigenvalue weighted by Crippen LogP contribution is 2.30. The summed E-state index contributed by atoms with van der Waals surface area (Å²) in [5.74, 6) is 1.24. The van der Waals surface area contributed by atoms with Gasteiger partial charge in [-0.2, -0.15) is 0 Å². The second kappa shape index (κ2) is 4.13. The third-order valence-electron chi connectivity index (χ3n) is 2.24. The Labute approximate surface area is 91.4 Å². The summed E-state index contributed by atoms with van der Waals surface area (Å²) < 4.78 is 6.30. The quantitative estimate of drug-likeness (QED) is 0.826. The highest BCUT2D eigenvalue weighted by Gasteiger charge is 2.29. The molecule has 0 atom stereocenters. The van der Waals surface area contributed by atoms with Crippen LogP contribution in [0.3, 0.4) is 0 Å². The summed E-state index contributed by atoms with van der Waals surface area (Å²) in [6, 6.07) is 7.56. The second-order valence-corrected chi connectivity index (χ2v) is 4.31. The predicted molar refractivity (Wildman–Crippen MR) is 57.4 cm³/mol. The lowest BCUT2D eigenvalue weighted by atomic mass is 10.3. The van der Waals surface area contributed by atoms with Gasteiger partial charge in [0.05, 0.1) is 4.47 Å². The van der Waals surface area contributed by atoms with Gasteiger partial charge in [0.15, 0.2) is 5.78 Å². The highest BCUT2D eigenvalue weighted by atomic mass is 79.9. The first-order chi connectivity index (χ1) is 6.77. The summed E-state index contributed by atoms with van der Waals surface area (Å²) in [7, 11) is 0. The van der Waals surface area contributed by atoms with Gasteiger partial charge < -0.3 is 4.74 Å². The Bertz CT molecular complexity index is 345. The van der Waals surface area contributed by atoms with Gasteiger partial charge in [-0.05, 0) is 40.9 Å². The molecule has 0 aromatic heterocycles. The standard InChI is InChI=1S/C11H11BrO2/c12-9-3-1-2-4-11(9)14-7-10(13)8-5-6-8/h1-4,8H,5-7H2. The Kier molecular flexibility index (Phi) is 2.87. The first kappa shape index (κ1) is 9.71. The zero-order valence-electron chi connectivity index (χ0n) is 7.70. The molecule has 1 aromatic carbocycles. The van der Waals surface area contributed by atoms with Crippen molar-refractivity contribution < 1.29 is 9.53 Å². The van der Waals surface area contributed by atoms with Crippen molar-refractivity contribution in [3.63, 3.8) is 0 Å². The van der Waals surface area contributed by atoms with Gasteiger partial charge >= 0.3 is 0 Å². The summed E-state index contributed by atoms with van der Waals surface area (Å²) in [6.07, 6.45) is 2.08. The van der Waals surface area contributed by atoms with Crippen LogP contribution in [-0.2, 0) is 4.79 Å². The van der Waals surface area contributed by atoms with Gasteiger partial charge in [-0.1, -0.05) is 12.1 Å². The molecule has 3 heteroatoms. The number of Topliss-reactive ketones (excluding diaryl/α,β-unsaturated/α-hetero) is 1. The Balaban J connectivity index is 1.91. The van der Waals surface area contributed by atoms with Crippen molar-refractivity contribution in [1.29, 1.82) is 0 Å². The first-order valence-corrected chi connectivity index (χ1v) is 5.46. The van der Waals surface area contributed by atoms with Gasteiger partial charge in [0, 0.05) is 5.92 Å². The Morgan fingerprint density at radius 1 is 1.43 bits per heavy atom. The van der Waals surface area contributed by atoms with E-state index in [0.29, 0.717) is 0 Å². The van der Waals surface area contributed by atoms with Crippen molar-refractivity contribution in [1.82, 2.24) is 0 Å². The lowest BCUT2D eigenvalue weighted by Crippen LogP contribution is -2.12. The minimum Gasteiger partial charge on any atom is -0.485 e. The van der Waals surface area contributed by atoms with Crippen molar-refractivity contribution in [2.24, 2.45) is 5.92 Å². The van der Waals surface area contributed by atoms with Crippen LogP contribution in [0.2, 0.25) is 0 Å². The number of hydrogen-bond acceptors (Lipinski definition) is 2. The van der Waals surface area contributed by atoms with E-state index in [1.165, 1.54) is 0 Å². The zero-order valence-corrected chi connectivity index (χ0v) is 9.29. The number of carbonyl (C=O) groups excluding carboxylic acids is 1. The highest BCUT2D eigenvalue weighted by molar-refractivity contribution is 9.10. The number of ketones is 1. The van der Waals surface area contributed by atoms with Crippen LogP contribution in [-0.4, -0.2) is 12.4 Å². The SMILES string of the molecule is O=C(COc1ccccc1Br)C1CC1. The fraction of sp³-hybridized carbons (Fsp3) is 0.364. The zero-order chi connectivity index (χ0) is 9.97. The summed E-state index contributed by atoms with van der Waals surface area (Å²) in [6.45, 7) is 0.202. The third-order valence-corrected chi connectivity index (χ3v) is 2.89. The number of ether oxygens (including phenoxy) is 1. The van der Waals surface area contributed by atoms with E-state index in [1.807, 2.05) is 24.3 Å². The molecule has 1 aliphatic carbocycles. The molecule has 1 aliphatic rings. The summed E-state index contributed by atoms with van der Waals surface area (Å²) >= 11 is 3.36. The van der Waals surface area contributed by atoms with Crippen molar-refractivity contribution >= 4 is 21.7 Å². The molecule has 0 heterocycles. The van der Waals surface area contributed by atoms with Gasteiger partial charge in [-0.25, -0.2) is 0 Å². The lowest BCUT2D eigenvalue weighted by Gasteiger charge is -2.06. The molecule has 2 rings (SSSR count). The van der Waals surface area contributed by atoms with Gasteiger partial charge in [-0.3, -0.25) is 4.79 Å². The number of rotatable bonds is 4. The molecule has 1 saturated carbocycles. The molecule has 0 unspecified atom stereocenters. The first-order valence-electron chi connectivity index (χ1n) is 4.67. The molecule has 0 N–H and O–H groups in total. The van der Waals surface area contributed by atoms with Gasteiger partial charge in [-0.15, -0.1) is 0 Å². The average molecular weight is 255 g/mol. The number of para-hydroxylation sites is 1. The molecule has 2 nitrogen and oxygen atoms in total. The van der Waals surface area contributed by atoms with E-state index in [-0.39, 0.29) is 18.3 Å². The number of carbonyl (C=O) groups is 1. The van der Waals surface area contributed by atoms with Crippen molar-refractivity contribution in [2.75, 3.05) is 6.61 Å². The molecule has 0 saturated heterocycles. The molecule has 0 radical (unpaired) electrons. The number of halogens is 1. The minimum absolute atomic E-state index is 0.202. The van der Waals surface area contributed by atoms with Crippen molar-refractivity contribution in [2.45, 2.75) is 12.8 Å². The molecule has 74 valence electrons. The summed E-state index contributed by atoms with van der Waals surface area (Å²) in [5.41, 5.74) is 0. The molecule has 14 heavy (non-hydrogen) atoms.